The van der Waals surface area contributed by atoms with Crippen LogP contribution >= 0.6 is 11.3 Å². The number of fused-ring (bicyclic) bond motifs is 1. The smallest absolute Gasteiger partial charge is 0.241 e. The Labute approximate surface area is 183 Å². The number of sulfonamides is 1. The molecule has 0 amide bonds. The minimum absolute atomic E-state index is 0.0131. The fraction of sp³-hybridized carbons (Fsp3) is 0.333. The summed E-state index contributed by atoms with van der Waals surface area (Å²) in [4.78, 5) is 3.99. The normalized spacial score (nSPS) is 15.7. The third-order valence-electron chi connectivity index (χ3n) is 5.81. The van der Waals surface area contributed by atoms with Gasteiger partial charge < -0.3 is 0 Å². The predicted octanol–water partition coefficient (Wildman–Crippen LogP) is 4.75. The van der Waals surface area contributed by atoms with Crippen molar-refractivity contribution in [3.63, 3.8) is 0 Å². The summed E-state index contributed by atoms with van der Waals surface area (Å²) < 4.78 is 29.4. The first-order valence-corrected chi connectivity index (χ1v) is 12.6. The molecule has 158 valence electrons. The number of aryl methyl sites for hydroxylation is 3. The van der Waals surface area contributed by atoms with Gasteiger partial charge in [0.1, 0.15) is 0 Å². The zero-order chi connectivity index (χ0) is 21.3. The molecule has 1 N–H and O–H groups in total. The minimum atomic E-state index is -3.60. The molecular weight excluding hydrogens is 412 g/mol. The summed E-state index contributed by atoms with van der Waals surface area (Å²) in [7, 11) is -3.60. The molecule has 0 unspecified atom stereocenters. The zero-order valence-electron chi connectivity index (χ0n) is 17.7. The lowest BCUT2D eigenvalue weighted by molar-refractivity contribution is 0.183. The van der Waals surface area contributed by atoms with E-state index in [1.54, 1.807) is 11.3 Å². The van der Waals surface area contributed by atoms with Gasteiger partial charge in [-0.2, -0.15) is 0 Å². The lowest BCUT2D eigenvalue weighted by Gasteiger charge is -2.35. The van der Waals surface area contributed by atoms with Gasteiger partial charge >= 0.3 is 0 Å². The molecule has 0 aliphatic carbocycles. The molecule has 1 aliphatic rings. The Morgan fingerprint density at radius 3 is 2.40 bits per heavy atom. The van der Waals surface area contributed by atoms with Crippen LogP contribution in [-0.2, 0) is 23.0 Å². The van der Waals surface area contributed by atoms with E-state index in [0.29, 0.717) is 11.4 Å². The molecule has 1 atom stereocenters. The molecule has 0 bridgehead atoms. The molecule has 3 aromatic rings. The number of hydrogen-bond acceptors (Lipinski definition) is 4. The van der Waals surface area contributed by atoms with Crippen molar-refractivity contribution < 1.29 is 8.42 Å². The highest BCUT2D eigenvalue weighted by Gasteiger charge is 2.28. The first-order valence-electron chi connectivity index (χ1n) is 10.3. The third-order valence-corrected chi connectivity index (χ3v) is 8.51. The molecule has 6 heteroatoms. The van der Waals surface area contributed by atoms with Gasteiger partial charge in [-0.25, -0.2) is 13.1 Å². The quantitative estimate of drug-likeness (QED) is 0.602. The number of benzene rings is 2. The Morgan fingerprint density at radius 1 is 1.03 bits per heavy atom. The summed E-state index contributed by atoms with van der Waals surface area (Å²) >= 11 is 1.68. The highest BCUT2D eigenvalue weighted by molar-refractivity contribution is 7.89. The number of nitrogens with one attached hydrogen (secondary N) is 1. The van der Waals surface area contributed by atoms with Crippen molar-refractivity contribution in [1.82, 2.24) is 9.62 Å². The summed E-state index contributed by atoms with van der Waals surface area (Å²) in [5.41, 5.74) is 5.38. The second kappa shape index (κ2) is 8.63. The van der Waals surface area contributed by atoms with Gasteiger partial charge in [-0.05, 0) is 60.9 Å². The molecule has 4 nitrogen and oxygen atoms in total. The summed E-state index contributed by atoms with van der Waals surface area (Å²) in [6, 6.07) is 16.5. The first kappa shape index (κ1) is 21.2. The van der Waals surface area contributed by atoms with E-state index in [-0.39, 0.29) is 6.04 Å². The predicted molar refractivity (Wildman–Crippen MR) is 123 cm³/mol. The van der Waals surface area contributed by atoms with Crippen LogP contribution in [0.5, 0.6) is 0 Å². The van der Waals surface area contributed by atoms with Crippen LogP contribution in [0.3, 0.4) is 0 Å². The van der Waals surface area contributed by atoms with Crippen LogP contribution in [0.15, 0.2) is 58.8 Å². The Bertz CT molecular complexity index is 1110. The minimum Gasteiger partial charge on any atom is -0.290 e. The molecule has 1 aliphatic heterocycles. The molecule has 1 aromatic heterocycles. The largest absolute Gasteiger partial charge is 0.290 e. The summed E-state index contributed by atoms with van der Waals surface area (Å²) in [6.45, 7) is 7.84. The monoisotopic (exact) mass is 440 g/mol. The maximum Gasteiger partial charge on any atom is 0.241 e. The Kier molecular flexibility index (Phi) is 6.11. The van der Waals surface area contributed by atoms with Crippen molar-refractivity contribution in [1.29, 1.82) is 0 Å². The average Bonchev–Trinajstić information content (AvgIpc) is 3.21. The van der Waals surface area contributed by atoms with Gasteiger partial charge in [-0.15, -0.1) is 11.3 Å². The van der Waals surface area contributed by atoms with E-state index in [2.05, 4.69) is 45.3 Å². The van der Waals surface area contributed by atoms with Crippen molar-refractivity contribution in [3.8, 4) is 0 Å². The summed E-state index contributed by atoms with van der Waals surface area (Å²) in [5, 5.41) is 2.06. The van der Waals surface area contributed by atoms with Crippen LogP contribution in [0.1, 0.15) is 38.7 Å². The maximum atomic E-state index is 13.2. The van der Waals surface area contributed by atoms with Crippen molar-refractivity contribution in [2.24, 2.45) is 0 Å². The summed E-state index contributed by atoms with van der Waals surface area (Å²) in [6.07, 6.45) is 0.987. The maximum absolute atomic E-state index is 13.2. The molecule has 4 rings (SSSR count). The van der Waals surface area contributed by atoms with E-state index in [9.17, 15) is 8.42 Å². The van der Waals surface area contributed by atoms with Crippen molar-refractivity contribution in [2.75, 3.05) is 13.1 Å². The van der Waals surface area contributed by atoms with Gasteiger partial charge in [0.05, 0.1) is 10.9 Å². The molecule has 0 radical (unpaired) electrons. The summed E-state index contributed by atoms with van der Waals surface area (Å²) in [5.74, 6) is 0. The van der Waals surface area contributed by atoms with E-state index >= 15 is 0 Å². The van der Waals surface area contributed by atoms with Crippen molar-refractivity contribution in [2.45, 2.75) is 44.7 Å². The van der Waals surface area contributed by atoms with Crippen LogP contribution in [0, 0.1) is 20.8 Å². The number of thiophene rings is 1. The average molecular weight is 441 g/mol. The van der Waals surface area contributed by atoms with E-state index < -0.39 is 10.0 Å². The second-order valence-electron chi connectivity index (χ2n) is 8.10. The van der Waals surface area contributed by atoms with Gasteiger partial charge in [-0.3, -0.25) is 4.90 Å². The molecule has 0 saturated carbocycles. The number of rotatable bonds is 6. The van der Waals surface area contributed by atoms with E-state index in [4.69, 9.17) is 0 Å². The fourth-order valence-electron chi connectivity index (χ4n) is 4.53. The second-order valence-corrected chi connectivity index (χ2v) is 10.8. The number of nitrogens with zero attached hydrogens (tertiary/aromatic N) is 1. The standard InChI is InChI=1S/C24H28N2O2S2/c1-17-13-18(2)24(19(3)14-17)30(27,28)25-15-22(23-9-6-12-29-23)26-11-10-20-7-4-5-8-21(20)16-26/h4-9,12-14,22,25H,10-11,15-16H2,1-3H3/t22-/m1/s1. The zero-order valence-corrected chi connectivity index (χ0v) is 19.3. The lowest BCUT2D eigenvalue weighted by atomic mass is 9.98. The van der Waals surface area contributed by atoms with Gasteiger partial charge in [-0.1, -0.05) is 48.0 Å². The molecule has 2 aromatic carbocycles. The van der Waals surface area contributed by atoms with Gasteiger partial charge in [0.15, 0.2) is 0 Å². The molecule has 30 heavy (non-hydrogen) atoms. The van der Waals surface area contributed by atoms with Crippen LogP contribution in [0.25, 0.3) is 0 Å². The van der Waals surface area contributed by atoms with E-state index in [0.717, 1.165) is 36.2 Å². The first-order chi connectivity index (χ1) is 14.3. The Morgan fingerprint density at radius 2 is 1.73 bits per heavy atom. The van der Waals surface area contributed by atoms with Crippen LogP contribution in [0.4, 0.5) is 0 Å². The topological polar surface area (TPSA) is 49.4 Å². The van der Waals surface area contributed by atoms with Gasteiger partial charge in [0, 0.05) is 24.5 Å². The Hall–Kier alpha value is -1.99. The Balaban J connectivity index is 1.59. The molecule has 2 heterocycles. The third kappa shape index (κ3) is 4.37. The van der Waals surface area contributed by atoms with Crippen LogP contribution in [0.2, 0.25) is 0 Å². The highest BCUT2D eigenvalue weighted by Crippen LogP contribution is 2.31. The molecule has 0 spiro atoms. The fourth-order valence-corrected chi connectivity index (χ4v) is 6.87. The van der Waals surface area contributed by atoms with Crippen molar-refractivity contribution >= 4 is 21.4 Å². The van der Waals surface area contributed by atoms with Crippen LogP contribution < -0.4 is 4.72 Å². The molecule has 0 fully saturated rings. The van der Waals surface area contributed by atoms with Gasteiger partial charge in [0.25, 0.3) is 0 Å². The lowest BCUT2D eigenvalue weighted by Crippen LogP contribution is -2.40. The SMILES string of the molecule is Cc1cc(C)c(S(=O)(=O)NC[C@H](c2cccs2)N2CCc3ccccc3C2)c(C)c1. The highest BCUT2D eigenvalue weighted by atomic mass is 32.2. The molecule has 0 saturated heterocycles. The van der Waals surface area contributed by atoms with Crippen molar-refractivity contribution in [3.05, 3.63) is 86.6 Å². The van der Waals surface area contributed by atoms with E-state index in [1.165, 1.54) is 16.0 Å². The van der Waals surface area contributed by atoms with E-state index in [1.807, 2.05) is 39.0 Å². The number of hydrogen-bond donors (Lipinski definition) is 1. The molecular formula is C24H28N2O2S2. The van der Waals surface area contributed by atoms with Gasteiger partial charge in [0.2, 0.25) is 10.0 Å². The van der Waals surface area contributed by atoms with Crippen LogP contribution in [-0.4, -0.2) is 26.4 Å².